The third kappa shape index (κ3) is 4.48. The molecule has 2 N–H and O–H groups in total. The second kappa shape index (κ2) is 10.4. The van der Waals surface area contributed by atoms with Crippen molar-refractivity contribution in [3.05, 3.63) is 70.8 Å². The number of phenols is 1. The molecule has 3 heterocycles. The number of fused-ring (bicyclic) bond motifs is 3. The summed E-state index contributed by atoms with van der Waals surface area (Å²) in [6, 6.07) is 15.9. The van der Waals surface area contributed by atoms with Gasteiger partial charge >= 0.3 is 5.97 Å². The highest BCUT2D eigenvalue weighted by atomic mass is 16.7. The number of esters is 1. The summed E-state index contributed by atoms with van der Waals surface area (Å²) in [5, 5.41) is 14.3. The summed E-state index contributed by atoms with van der Waals surface area (Å²) in [6.45, 7) is 3.72. The largest absolute Gasteiger partial charge is 0.502 e. The highest BCUT2D eigenvalue weighted by Crippen LogP contribution is 2.56. The average molecular weight is 559 g/mol. The lowest BCUT2D eigenvalue weighted by Crippen LogP contribution is -2.37. The summed E-state index contributed by atoms with van der Waals surface area (Å²) in [7, 11) is 2.99. The number of hydrogen-bond acceptors (Lipinski definition) is 9. The van der Waals surface area contributed by atoms with E-state index in [-0.39, 0.29) is 47.9 Å². The topological polar surface area (TPSA) is 98.7 Å². The first-order valence-electron chi connectivity index (χ1n) is 14.2. The first-order valence-corrected chi connectivity index (χ1v) is 14.2. The molecule has 0 bridgehead atoms. The third-order valence-electron chi connectivity index (χ3n) is 8.93. The number of anilines is 1. The minimum absolute atomic E-state index is 0.0845. The van der Waals surface area contributed by atoms with Crippen molar-refractivity contribution in [2.24, 2.45) is 11.8 Å². The number of likely N-dealkylation sites (tertiary alicyclic amines) is 1. The van der Waals surface area contributed by atoms with Crippen molar-refractivity contribution >= 4 is 11.7 Å². The molecule has 41 heavy (non-hydrogen) atoms. The van der Waals surface area contributed by atoms with Gasteiger partial charge in [0.2, 0.25) is 12.5 Å². The van der Waals surface area contributed by atoms with Crippen LogP contribution in [-0.2, 0) is 16.1 Å². The second-order valence-electron chi connectivity index (χ2n) is 11.2. The number of cyclic esters (lactones) is 1. The number of phenolic OH excluding ortho intramolecular Hbond substituents is 1. The van der Waals surface area contributed by atoms with Crippen molar-refractivity contribution in [2.75, 3.05) is 46.0 Å². The summed E-state index contributed by atoms with van der Waals surface area (Å²) in [5.74, 6) is 0.563. The fourth-order valence-electron chi connectivity index (χ4n) is 6.93. The van der Waals surface area contributed by atoms with Crippen LogP contribution in [0.4, 0.5) is 5.69 Å². The van der Waals surface area contributed by atoms with Gasteiger partial charge in [-0.25, -0.2) is 0 Å². The number of nitrogens with one attached hydrogen (secondary N) is 1. The van der Waals surface area contributed by atoms with E-state index in [1.54, 1.807) is 12.1 Å². The van der Waals surface area contributed by atoms with Gasteiger partial charge in [0.05, 0.1) is 32.8 Å². The van der Waals surface area contributed by atoms with Gasteiger partial charge in [0.1, 0.15) is 0 Å². The average Bonchev–Trinajstić information content (AvgIpc) is 3.75. The molecule has 3 aromatic rings. The molecule has 3 aromatic carbocycles. The smallest absolute Gasteiger partial charge is 0.310 e. The number of nitrogens with zero attached hydrogens (tertiary/aromatic N) is 1. The molecule has 0 radical (unpaired) electrons. The number of carbonyl (C=O) groups is 1. The van der Waals surface area contributed by atoms with E-state index in [2.05, 4.69) is 34.5 Å². The zero-order chi connectivity index (χ0) is 28.1. The van der Waals surface area contributed by atoms with E-state index >= 15 is 0 Å². The molecule has 2 saturated heterocycles. The molecule has 1 aliphatic carbocycles. The van der Waals surface area contributed by atoms with Gasteiger partial charge in [-0.3, -0.25) is 9.69 Å². The lowest BCUT2D eigenvalue weighted by atomic mass is 9.65. The predicted octanol–water partition coefficient (Wildman–Crippen LogP) is 4.82. The molecule has 3 aliphatic heterocycles. The van der Waals surface area contributed by atoms with Gasteiger partial charge in [-0.1, -0.05) is 12.1 Å². The zero-order valence-electron chi connectivity index (χ0n) is 23.2. The van der Waals surface area contributed by atoms with Crippen LogP contribution in [-0.4, -0.2) is 56.7 Å². The molecule has 7 rings (SSSR count). The van der Waals surface area contributed by atoms with Gasteiger partial charge in [-0.15, -0.1) is 0 Å². The van der Waals surface area contributed by atoms with E-state index in [9.17, 15) is 9.90 Å². The van der Waals surface area contributed by atoms with Crippen molar-refractivity contribution in [1.82, 2.24) is 4.90 Å². The Morgan fingerprint density at radius 1 is 0.927 bits per heavy atom. The third-order valence-corrected chi connectivity index (χ3v) is 8.93. The predicted molar refractivity (Wildman–Crippen MR) is 151 cm³/mol. The standard InChI is InChI=1S/C32H34N2O7/c1-37-26-11-19(12-27(38-2)31(26)35)28-21-13-24-25(41-17-40-24)14-22(21)30(23-16-39-32(36)29(23)28)33-20-7-5-18(6-8-20)15-34-9-3-4-10-34/h5-8,11-14,23,28-30,33,35H,3-4,9-10,15-17H2,1-2H3/t23-,28+,29+,30+/m0/s1. The fraction of sp³-hybridized carbons (Fsp3) is 0.406. The van der Waals surface area contributed by atoms with Crippen LogP contribution in [0.15, 0.2) is 48.5 Å². The van der Waals surface area contributed by atoms with Crippen molar-refractivity contribution < 1.29 is 33.6 Å². The molecule has 9 nitrogen and oxygen atoms in total. The Labute approximate surface area is 238 Å². The van der Waals surface area contributed by atoms with E-state index in [0.717, 1.165) is 42.0 Å². The van der Waals surface area contributed by atoms with Crippen LogP contribution in [0.3, 0.4) is 0 Å². The summed E-state index contributed by atoms with van der Waals surface area (Å²) < 4.78 is 28.2. The van der Waals surface area contributed by atoms with E-state index in [0.29, 0.717) is 18.1 Å². The van der Waals surface area contributed by atoms with Crippen LogP contribution in [0.1, 0.15) is 47.1 Å². The van der Waals surface area contributed by atoms with E-state index < -0.39 is 5.92 Å². The van der Waals surface area contributed by atoms with E-state index in [1.807, 2.05) is 12.1 Å². The molecule has 4 aliphatic rings. The van der Waals surface area contributed by atoms with Crippen LogP contribution in [0.5, 0.6) is 28.7 Å². The Hall–Kier alpha value is -4.11. The molecule has 0 aromatic heterocycles. The number of carbonyl (C=O) groups excluding carboxylic acids is 1. The Morgan fingerprint density at radius 2 is 1.59 bits per heavy atom. The van der Waals surface area contributed by atoms with Crippen molar-refractivity contribution in [3.8, 4) is 28.7 Å². The molecule has 0 spiro atoms. The first-order chi connectivity index (χ1) is 20.0. The van der Waals surface area contributed by atoms with Gasteiger partial charge in [0.25, 0.3) is 0 Å². The van der Waals surface area contributed by atoms with Gasteiger partial charge in [0, 0.05) is 24.1 Å². The monoisotopic (exact) mass is 558 g/mol. The zero-order valence-corrected chi connectivity index (χ0v) is 23.2. The van der Waals surface area contributed by atoms with Crippen LogP contribution >= 0.6 is 0 Å². The molecule has 2 fully saturated rings. The summed E-state index contributed by atoms with van der Waals surface area (Å²) >= 11 is 0. The second-order valence-corrected chi connectivity index (χ2v) is 11.2. The molecule has 9 heteroatoms. The molecular weight excluding hydrogens is 524 g/mol. The minimum Gasteiger partial charge on any atom is -0.502 e. The summed E-state index contributed by atoms with van der Waals surface area (Å²) in [4.78, 5) is 15.9. The summed E-state index contributed by atoms with van der Waals surface area (Å²) in [6.07, 6.45) is 2.54. The number of rotatable bonds is 7. The van der Waals surface area contributed by atoms with Crippen LogP contribution in [0.25, 0.3) is 0 Å². The van der Waals surface area contributed by atoms with Gasteiger partial charge in [0.15, 0.2) is 23.0 Å². The highest BCUT2D eigenvalue weighted by Gasteiger charge is 2.52. The maximum absolute atomic E-state index is 13.4. The Bertz CT molecular complexity index is 1440. The number of methoxy groups -OCH3 is 2. The Balaban J connectivity index is 1.30. The van der Waals surface area contributed by atoms with Crippen LogP contribution < -0.4 is 24.3 Å². The number of hydrogen-bond donors (Lipinski definition) is 2. The van der Waals surface area contributed by atoms with Crippen LogP contribution in [0.2, 0.25) is 0 Å². The molecule has 4 atom stereocenters. The Morgan fingerprint density at radius 3 is 2.24 bits per heavy atom. The normalized spacial score (nSPS) is 24.5. The number of aromatic hydroxyl groups is 1. The Kier molecular flexibility index (Phi) is 6.54. The lowest BCUT2D eigenvalue weighted by Gasteiger charge is -2.40. The van der Waals surface area contributed by atoms with Crippen molar-refractivity contribution in [2.45, 2.75) is 31.3 Å². The SMILES string of the molecule is COc1cc([C@@H]2c3cc4c(cc3[C@@H](Nc3ccc(CN5CCCC5)cc3)[C@H]3COC(=O)[C@@H]23)OCO4)cc(OC)c1O. The van der Waals surface area contributed by atoms with E-state index in [4.69, 9.17) is 23.7 Å². The quantitative estimate of drug-likeness (QED) is 0.396. The summed E-state index contributed by atoms with van der Waals surface area (Å²) in [5.41, 5.74) is 5.01. The molecule has 214 valence electrons. The molecule has 0 unspecified atom stereocenters. The number of ether oxygens (including phenoxy) is 5. The first kappa shape index (κ1) is 25.8. The number of benzene rings is 3. The van der Waals surface area contributed by atoms with Gasteiger partial charge in [-0.2, -0.15) is 0 Å². The molecule has 0 amide bonds. The maximum atomic E-state index is 13.4. The van der Waals surface area contributed by atoms with Gasteiger partial charge < -0.3 is 34.1 Å². The van der Waals surface area contributed by atoms with Crippen LogP contribution in [0, 0.1) is 11.8 Å². The van der Waals surface area contributed by atoms with Crippen molar-refractivity contribution in [1.29, 1.82) is 0 Å². The minimum atomic E-state index is -0.464. The fourth-order valence-corrected chi connectivity index (χ4v) is 6.93. The lowest BCUT2D eigenvalue weighted by molar-refractivity contribution is -0.141. The highest BCUT2D eigenvalue weighted by molar-refractivity contribution is 5.79. The maximum Gasteiger partial charge on any atom is 0.310 e. The van der Waals surface area contributed by atoms with Gasteiger partial charge in [-0.05, 0) is 84.6 Å². The van der Waals surface area contributed by atoms with Crippen molar-refractivity contribution in [3.63, 3.8) is 0 Å². The molecule has 0 saturated carbocycles. The van der Waals surface area contributed by atoms with E-state index in [1.165, 1.54) is 32.6 Å². The molecular formula is C32H34N2O7.